The monoisotopic (exact) mass is 309 g/mol. The Morgan fingerprint density at radius 1 is 1.19 bits per heavy atom. The first-order valence-corrected chi connectivity index (χ1v) is 9.13. The third-order valence-corrected chi connectivity index (χ3v) is 6.33. The third kappa shape index (κ3) is 3.00. The summed E-state index contributed by atoms with van der Waals surface area (Å²) in [4.78, 5) is 0. The Morgan fingerprint density at radius 3 is 2.52 bits per heavy atom. The molecule has 1 aliphatic carbocycles. The fourth-order valence-corrected chi connectivity index (χ4v) is 5.45. The fourth-order valence-electron chi connectivity index (χ4n) is 3.83. The van der Waals surface area contributed by atoms with Crippen LogP contribution in [0.4, 0.5) is 0 Å². The summed E-state index contributed by atoms with van der Waals surface area (Å²) in [6, 6.07) is 9.79. The molecule has 0 aromatic heterocycles. The Labute approximate surface area is 127 Å². The van der Waals surface area contributed by atoms with Gasteiger partial charge in [-0.25, -0.2) is 0 Å². The number of hydrogen-bond acceptors (Lipinski definition) is 3. The van der Waals surface area contributed by atoms with E-state index in [0.717, 1.165) is 37.7 Å². The molecule has 5 heteroatoms. The molecule has 116 valence electrons. The normalized spacial score (nSPS) is 28.5. The van der Waals surface area contributed by atoms with E-state index in [1.54, 1.807) is 4.31 Å². The lowest BCUT2D eigenvalue weighted by Crippen LogP contribution is -2.58. The first-order valence-electron chi connectivity index (χ1n) is 7.77. The van der Waals surface area contributed by atoms with Gasteiger partial charge in [0.25, 0.3) is 0 Å². The molecule has 0 N–H and O–H groups in total. The summed E-state index contributed by atoms with van der Waals surface area (Å²) in [5.41, 5.74) is 0.772. The molecule has 0 amide bonds. The highest BCUT2D eigenvalue weighted by molar-refractivity contribution is 7.84. The molecule has 1 spiro atoms. The summed E-state index contributed by atoms with van der Waals surface area (Å²) in [5, 5.41) is 0. The molecule has 21 heavy (non-hydrogen) atoms. The summed E-state index contributed by atoms with van der Waals surface area (Å²) in [7, 11) is -3.65. The summed E-state index contributed by atoms with van der Waals surface area (Å²) in [5.74, 6) is 0. The zero-order chi connectivity index (χ0) is 14.9. The van der Waals surface area contributed by atoms with Gasteiger partial charge in [-0.3, -0.25) is 4.18 Å². The molecular weight excluding hydrogens is 286 g/mol. The lowest BCUT2D eigenvalue weighted by Gasteiger charge is -2.49. The van der Waals surface area contributed by atoms with E-state index in [1.165, 1.54) is 6.42 Å². The van der Waals surface area contributed by atoms with Crippen LogP contribution in [-0.4, -0.2) is 24.4 Å². The average Bonchev–Trinajstić information content (AvgIpc) is 2.44. The van der Waals surface area contributed by atoms with E-state index >= 15 is 0 Å². The molecule has 1 atom stereocenters. The second kappa shape index (κ2) is 5.71. The van der Waals surface area contributed by atoms with Gasteiger partial charge < -0.3 is 0 Å². The van der Waals surface area contributed by atoms with Crippen LogP contribution in [-0.2, 0) is 21.0 Å². The predicted molar refractivity (Wildman–Crippen MR) is 81.9 cm³/mol. The van der Waals surface area contributed by atoms with Gasteiger partial charge in [0.15, 0.2) is 0 Å². The van der Waals surface area contributed by atoms with Crippen molar-refractivity contribution in [2.45, 2.75) is 63.6 Å². The second-order valence-electron chi connectivity index (χ2n) is 6.35. The molecule has 1 aromatic carbocycles. The smallest absolute Gasteiger partial charge is 0.255 e. The standard InChI is InChI=1S/C16H23NO3S/c1-14-12-16(10-6-3-7-11-16)17(21(18,19)20-14)13-15-8-4-2-5-9-15/h2,4-5,8-9,14H,3,6-7,10-13H2,1H3. The Hall–Kier alpha value is -0.910. The zero-order valence-corrected chi connectivity index (χ0v) is 13.3. The summed E-state index contributed by atoms with van der Waals surface area (Å²) >= 11 is 0. The molecule has 3 rings (SSSR count). The summed E-state index contributed by atoms with van der Waals surface area (Å²) in [6.45, 7) is 2.28. The van der Waals surface area contributed by atoms with Crippen molar-refractivity contribution in [3.63, 3.8) is 0 Å². The zero-order valence-electron chi connectivity index (χ0n) is 12.5. The van der Waals surface area contributed by atoms with E-state index in [2.05, 4.69) is 0 Å². The number of hydrogen-bond donors (Lipinski definition) is 0. The molecule has 0 bridgehead atoms. The third-order valence-electron chi connectivity index (χ3n) is 4.71. The van der Waals surface area contributed by atoms with Gasteiger partial charge in [0, 0.05) is 12.1 Å². The molecule has 0 radical (unpaired) electrons. The Morgan fingerprint density at radius 2 is 1.86 bits per heavy atom. The molecule has 1 aliphatic heterocycles. The number of nitrogens with zero attached hydrogens (tertiary/aromatic N) is 1. The highest BCUT2D eigenvalue weighted by Crippen LogP contribution is 2.43. The summed E-state index contributed by atoms with van der Waals surface area (Å²) < 4.78 is 32.1. The first kappa shape index (κ1) is 15.0. The molecule has 1 unspecified atom stereocenters. The molecule has 1 aromatic rings. The van der Waals surface area contributed by atoms with Crippen LogP contribution in [0.25, 0.3) is 0 Å². The van der Waals surface area contributed by atoms with Crippen molar-refractivity contribution in [1.82, 2.24) is 4.31 Å². The Kier molecular flexibility index (Phi) is 4.08. The van der Waals surface area contributed by atoms with Crippen LogP contribution in [0.3, 0.4) is 0 Å². The van der Waals surface area contributed by atoms with Gasteiger partial charge >= 0.3 is 10.3 Å². The van der Waals surface area contributed by atoms with Gasteiger partial charge in [-0.15, -0.1) is 0 Å². The van der Waals surface area contributed by atoms with Gasteiger partial charge in [0.1, 0.15) is 0 Å². The largest absolute Gasteiger partial charge is 0.339 e. The Balaban J connectivity index is 1.95. The van der Waals surface area contributed by atoms with Crippen molar-refractivity contribution in [3.05, 3.63) is 35.9 Å². The van der Waals surface area contributed by atoms with Crippen molar-refractivity contribution in [2.24, 2.45) is 0 Å². The number of rotatable bonds is 2. The maximum Gasteiger partial charge on any atom is 0.339 e. The molecule has 2 aliphatic rings. The van der Waals surface area contributed by atoms with Crippen LogP contribution in [0.5, 0.6) is 0 Å². The van der Waals surface area contributed by atoms with Gasteiger partial charge in [0.2, 0.25) is 0 Å². The van der Waals surface area contributed by atoms with E-state index in [-0.39, 0.29) is 11.6 Å². The lowest BCUT2D eigenvalue weighted by molar-refractivity contribution is 0.0160. The van der Waals surface area contributed by atoms with Crippen molar-refractivity contribution in [3.8, 4) is 0 Å². The molecule has 1 heterocycles. The topological polar surface area (TPSA) is 46.6 Å². The van der Waals surface area contributed by atoms with E-state index in [4.69, 9.17) is 4.18 Å². The minimum absolute atomic E-state index is 0.222. The maximum atomic E-state index is 12.6. The van der Waals surface area contributed by atoms with Crippen molar-refractivity contribution >= 4 is 10.3 Å². The molecular formula is C16H23NO3S. The van der Waals surface area contributed by atoms with Crippen LogP contribution in [0, 0.1) is 0 Å². The minimum atomic E-state index is -3.65. The molecule has 4 nitrogen and oxygen atoms in total. The molecule has 2 fully saturated rings. The van der Waals surface area contributed by atoms with Crippen LogP contribution >= 0.6 is 0 Å². The quantitative estimate of drug-likeness (QED) is 0.842. The van der Waals surface area contributed by atoms with E-state index < -0.39 is 10.3 Å². The Bertz CT molecular complexity index is 579. The SMILES string of the molecule is CC1CC2(CCCCC2)N(Cc2ccccc2)S(=O)(=O)O1. The predicted octanol–water partition coefficient (Wildman–Crippen LogP) is 3.25. The van der Waals surface area contributed by atoms with Gasteiger partial charge in [0.05, 0.1) is 6.10 Å². The fraction of sp³-hybridized carbons (Fsp3) is 0.625. The second-order valence-corrected chi connectivity index (χ2v) is 7.83. The van der Waals surface area contributed by atoms with E-state index in [1.807, 2.05) is 37.3 Å². The van der Waals surface area contributed by atoms with Crippen LogP contribution in [0.15, 0.2) is 30.3 Å². The van der Waals surface area contributed by atoms with Gasteiger partial charge in [-0.05, 0) is 31.7 Å². The van der Waals surface area contributed by atoms with Crippen LogP contribution in [0.1, 0.15) is 51.0 Å². The number of benzene rings is 1. The lowest BCUT2D eigenvalue weighted by atomic mass is 9.77. The first-order chi connectivity index (χ1) is 10.0. The molecule has 1 saturated heterocycles. The average molecular weight is 309 g/mol. The van der Waals surface area contributed by atoms with Crippen molar-refractivity contribution in [1.29, 1.82) is 0 Å². The highest BCUT2D eigenvalue weighted by Gasteiger charge is 2.49. The van der Waals surface area contributed by atoms with Crippen LogP contribution < -0.4 is 0 Å². The minimum Gasteiger partial charge on any atom is -0.255 e. The van der Waals surface area contributed by atoms with Crippen molar-refractivity contribution < 1.29 is 12.6 Å². The van der Waals surface area contributed by atoms with Crippen LogP contribution in [0.2, 0.25) is 0 Å². The van der Waals surface area contributed by atoms with E-state index in [9.17, 15) is 8.42 Å². The maximum absolute atomic E-state index is 12.6. The van der Waals surface area contributed by atoms with Crippen molar-refractivity contribution in [2.75, 3.05) is 0 Å². The van der Waals surface area contributed by atoms with E-state index in [0.29, 0.717) is 6.54 Å². The summed E-state index contributed by atoms with van der Waals surface area (Å²) in [6.07, 6.45) is 5.90. The molecule has 1 saturated carbocycles. The van der Waals surface area contributed by atoms with Gasteiger partial charge in [-0.1, -0.05) is 49.6 Å². The van der Waals surface area contributed by atoms with Gasteiger partial charge in [-0.2, -0.15) is 12.7 Å². The highest BCUT2D eigenvalue weighted by atomic mass is 32.2.